The summed E-state index contributed by atoms with van der Waals surface area (Å²) in [4.78, 5) is 18.4. The molecule has 3 aliphatic rings. The minimum absolute atomic E-state index is 0.195. The van der Waals surface area contributed by atoms with Gasteiger partial charge in [-0.15, -0.1) is 0 Å². The molecule has 1 aromatic carbocycles. The number of hydrogen-bond acceptors (Lipinski definition) is 3. The summed E-state index contributed by atoms with van der Waals surface area (Å²) in [5.74, 6) is 0.195. The summed E-state index contributed by atoms with van der Waals surface area (Å²) in [6.07, 6.45) is 8.58. The molecule has 1 aromatic rings. The number of piperidine rings is 1. The van der Waals surface area contributed by atoms with Crippen molar-refractivity contribution in [3.05, 3.63) is 24.3 Å². The monoisotopic (exact) mass is 341 g/mol. The van der Waals surface area contributed by atoms with E-state index >= 15 is 0 Å². The lowest BCUT2D eigenvalue weighted by molar-refractivity contribution is -0.129. The number of amides is 1. The van der Waals surface area contributed by atoms with Gasteiger partial charge in [0, 0.05) is 57.6 Å². The molecular formula is C21H31N3O. The first-order valence-corrected chi connectivity index (χ1v) is 10.0. The Bertz CT molecular complexity index is 588. The molecule has 0 unspecified atom stereocenters. The highest BCUT2D eigenvalue weighted by Gasteiger charge is 2.36. The van der Waals surface area contributed by atoms with E-state index in [1.54, 1.807) is 6.92 Å². The first kappa shape index (κ1) is 16.7. The number of hydrogen-bond donors (Lipinski definition) is 0. The summed E-state index contributed by atoms with van der Waals surface area (Å²) in [6, 6.07) is 9.11. The SMILES string of the molecule is CC(=O)N1CCN(c2ccc(N3CCC4(CCCC4)CC3)cc2)CC1. The van der Waals surface area contributed by atoms with Crippen LogP contribution in [-0.4, -0.2) is 50.1 Å². The van der Waals surface area contributed by atoms with Crippen LogP contribution in [0.4, 0.5) is 11.4 Å². The number of benzene rings is 1. The van der Waals surface area contributed by atoms with Gasteiger partial charge in [0.25, 0.3) is 0 Å². The second kappa shape index (κ2) is 6.89. The molecule has 3 fully saturated rings. The number of carbonyl (C=O) groups excluding carboxylic acids is 1. The average molecular weight is 341 g/mol. The first-order valence-electron chi connectivity index (χ1n) is 10.0. The van der Waals surface area contributed by atoms with Crippen molar-refractivity contribution in [3.63, 3.8) is 0 Å². The number of nitrogens with zero attached hydrogens (tertiary/aromatic N) is 3. The Morgan fingerprint density at radius 1 is 0.760 bits per heavy atom. The van der Waals surface area contributed by atoms with Gasteiger partial charge in [0.15, 0.2) is 0 Å². The van der Waals surface area contributed by atoms with Crippen LogP contribution >= 0.6 is 0 Å². The molecule has 1 spiro atoms. The largest absolute Gasteiger partial charge is 0.371 e. The Balaban J connectivity index is 1.34. The molecule has 0 N–H and O–H groups in total. The standard InChI is InChI=1S/C21H31N3O/c1-18(25)22-14-16-24(17-15-22)20-6-4-19(5-7-20)23-12-10-21(11-13-23)8-2-3-9-21/h4-7H,2-3,8-17H2,1H3. The molecule has 1 amide bonds. The van der Waals surface area contributed by atoms with E-state index in [0.29, 0.717) is 5.41 Å². The normalized spacial score (nSPS) is 23.3. The number of carbonyl (C=O) groups is 1. The van der Waals surface area contributed by atoms with E-state index in [0.717, 1.165) is 26.2 Å². The van der Waals surface area contributed by atoms with Gasteiger partial charge < -0.3 is 14.7 Å². The average Bonchev–Trinajstić information content (AvgIpc) is 3.11. The predicted octanol–water partition coefficient (Wildman–Crippen LogP) is 3.52. The molecule has 0 aromatic heterocycles. The Morgan fingerprint density at radius 3 is 1.72 bits per heavy atom. The highest BCUT2D eigenvalue weighted by atomic mass is 16.2. The fourth-order valence-electron chi connectivity index (χ4n) is 5.02. The van der Waals surface area contributed by atoms with Gasteiger partial charge in [-0.05, 0) is 55.4 Å². The molecule has 25 heavy (non-hydrogen) atoms. The van der Waals surface area contributed by atoms with Crippen molar-refractivity contribution >= 4 is 17.3 Å². The van der Waals surface area contributed by atoms with E-state index in [1.807, 2.05) is 4.90 Å². The molecule has 1 saturated carbocycles. The van der Waals surface area contributed by atoms with E-state index in [9.17, 15) is 4.79 Å². The van der Waals surface area contributed by atoms with Crippen LogP contribution in [0.15, 0.2) is 24.3 Å². The summed E-state index contributed by atoms with van der Waals surface area (Å²) < 4.78 is 0. The van der Waals surface area contributed by atoms with Crippen molar-refractivity contribution in [1.29, 1.82) is 0 Å². The number of anilines is 2. The third-order valence-electron chi connectivity index (χ3n) is 6.79. The van der Waals surface area contributed by atoms with Crippen LogP contribution in [0.1, 0.15) is 45.4 Å². The van der Waals surface area contributed by atoms with Crippen LogP contribution in [0, 0.1) is 5.41 Å². The van der Waals surface area contributed by atoms with Crippen molar-refractivity contribution in [2.75, 3.05) is 49.1 Å². The van der Waals surface area contributed by atoms with Gasteiger partial charge >= 0.3 is 0 Å². The van der Waals surface area contributed by atoms with Crippen LogP contribution in [0.5, 0.6) is 0 Å². The molecule has 0 radical (unpaired) electrons. The van der Waals surface area contributed by atoms with Gasteiger partial charge in [0.1, 0.15) is 0 Å². The quantitative estimate of drug-likeness (QED) is 0.823. The van der Waals surface area contributed by atoms with Crippen LogP contribution in [0.2, 0.25) is 0 Å². The summed E-state index contributed by atoms with van der Waals surface area (Å²) in [7, 11) is 0. The fourth-order valence-corrected chi connectivity index (χ4v) is 5.02. The molecule has 0 bridgehead atoms. The maximum absolute atomic E-state index is 11.5. The topological polar surface area (TPSA) is 26.8 Å². The lowest BCUT2D eigenvalue weighted by Crippen LogP contribution is -2.48. The smallest absolute Gasteiger partial charge is 0.219 e. The molecule has 4 rings (SSSR count). The first-order chi connectivity index (χ1) is 12.2. The van der Waals surface area contributed by atoms with E-state index in [-0.39, 0.29) is 5.91 Å². The van der Waals surface area contributed by atoms with Gasteiger partial charge in [-0.2, -0.15) is 0 Å². The highest BCUT2D eigenvalue weighted by molar-refractivity contribution is 5.73. The van der Waals surface area contributed by atoms with Gasteiger partial charge in [-0.25, -0.2) is 0 Å². The van der Waals surface area contributed by atoms with Crippen molar-refractivity contribution in [2.45, 2.75) is 45.4 Å². The molecule has 4 nitrogen and oxygen atoms in total. The Morgan fingerprint density at radius 2 is 1.24 bits per heavy atom. The Hall–Kier alpha value is -1.71. The molecule has 2 aliphatic heterocycles. The van der Waals surface area contributed by atoms with Crippen LogP contribution < -0.4 is 9.80 Å². The van der Waals surface area contributed by atoms with Crippen molar-refractivity contribution in [1.82, 2.24) is 4.90 Å². The molecule has 4 heteroatoms. The zero-order valence-electron chi connectivity index (χ0n) is 15.5. The molecule has 2 heterocycles. The lowest BCUT2D eigenvalue weighted by atomic mass is 9.77. The van der Waals surface area contributed by atoms with Crippen LogP contribution in [0.25, 0.3) is 0 Å². The third kappa shape index (κ3) is 3.49. The van der Waals surface area contributed by atoms with Crippen LogP contribution in [0.3, 0.4) is 0 Å². The molecule has 0 atom stereocenters. The van der Waals surface area contributed by atoms with Crippen molar-refractivity contribution in [3.8, 4) is 0 Å². The molecule has 1 aliphatic carbocycles. The maximum Gasteiger partial charge on any atom is 0.219 e. The highest BCUT2D eigenvalue weighted by Crippen LogP contribution is 2.46. The van der Waals surface area contributed by atoms with Crippen molar-refractivity contribution in [2.24, 2.45) is 5.41 Å². The maximum atomic E-state index is 11.5. The second-order valence-corrected chi connectivity index (χ2v) is 8.20. The van der Waals surface area contributed by atoms with E-state index in [4.69, 9.17) is 0 Å². The van der Waals surface area contributed by atoms with Gasteiger partial charge in [-0.3, -0.25) is 4.79 Å². The molecule has 2 saturated heterocycles. The summed E-state index contributed by atoms with van der Waals surface area (Å²) in [6.45, 7) is 7.65. The molecular weight excluding hydrogens is 310 g/mol. The predicted molar refractivity (Wildman–Crippen MR) is 103 cm³/mol. The Kier molecular flexibility index (Phi) is 4.61. The van der Waals surface area contributed by atoms with E-state index in [1.165, 1.54) is 63.0 Å². The second-order valence-electron chi connectivity index (χ2n) is 8.20. The molecule has 136 valence electrons. The summed E-state index contributed by atoms with van der Waals surface area (Å²) in [5, 5.41) is 0. The number of rotatable bonds is 2. The minimum atomic E-state index is 0.195. The Labute approximate surface area is 151 Å². The van der Waals surface area contributed by atoms with Gasteiger partial charge in [0.2, 0.25) is 5.91 Å². The summed E-state index contributed by atoms with van der Waals surface area (Å²) >= 11 is 0. The summed E-state index contributed by atoms with van der Waals surface area (Å²) in [5.41, 5.74) is 3.35. The minimum Gasteiger partial charge on any atom is -0.371 e. The van der Waals surface area contributed by atoms with Crippen molar-refractivity contribution < 1.29 is 4.79 Å². The van der Waals surface area contributed by atoms with E-state index in [2.05, 4.69) is 34.1 Å². The number of piperazine rings is 1. The van der Waals surface area contributed by atoms with Gasteiger partial charge in [0.05, 0.1) is 0 Å². The zero-order valence-corrected chi connectivity index (χ0v) is 15.5. The van der Waals surface area contributed by atoms with Gasteiger partial charge in [-0.1, -0.05) is 12.8 Å². The van der Waals surface area contributed by atoms with Crippen LogP contribution in [-0.2, 0) is 4.79 Å². The fraction of sp³-hybridized carbons (Fsp3) is 0.667. The lowest BCUT2D eigenvalue weighted by Gasteiger charge is -2.40. The third-order valence-corrected chi connectivity index (χ3v) is 6.79. The van der Waals surface area contributed by atoms with E-state index < -0.39 is 0 Å². The zero-order chi connectivity index (χ0) is 17.3.